The van der Waals surface area contributed by atoms with Crippen LogP contribution in [0.2, 0.25) is 0 Å². The summed E-state index contributed by atoms with van der Waals surface area (Å²) in [6.07, 6.45) is 9.39. The Kier molecular flexibility index (Phi) is 6.34. The predicted octanol–water partition coefficient (Wildman–Crippen LogP) is 5.74. The van der Waals surface area contributed by atoms with Gasteiger partial charge in [0.15, 0.2) is 5.78 Å². The van der Waals surface area contributed by atoms with Crippen molar-refractivity contribution in [2.75, 3.05) is 0 Å². The Morgan fingerprint density at radius 2 is 1.66 bits per heavy atom. The third-order valence-electron chi connectivity index (χ3n) is 13.7. The van der Waals surface area contributed by atoms with E-state index in [1.54, 1.807) is 0 Å². The molecule has 0 aromatic carbocycles. The molecule has 0 bridgehead atoms. The Morgan fingerprint density at radius 1 is 0.974 bits per heavy atom. The molecule has 6 heteroatoms. The van der Waals surface area contributed by atoms with E-state index in [2.05, 4.69) is 53.0 Å². The van der Waals surface area contributed by atoms with Crippen molar-refractivity contribution in [2.45, 2.75) is 113 Å². The molecule has 0 aromatic heterocycles. The minimum absolute atomic E-state index is 0.0473. The summed E-state index contributed by atoms with van der Waals surface area (Å²) in [4.78, 5) is 39.9. The van der Waals surface area contributed by atoms with Crippen LogP contribution in [0.1, 0.15) is 107 Å². The van der Waals surface area contributed by atoms with E-state index in [1.807, 2.05) is 6.92 Å². The van der Waals surface area contributed by atoms with E-state index in [-0.39, 0.29) is 51.2 Å². The van der Waals surface area contributed by atoms with Crippen molar-refractivity contribution >= 4 is 17.7 Å². The molecule has 4 fully saturated rings. The number of hydrogen-bond acceptors (Lipinski definition) is 5. The van der Waals surface area contributed by atoms with Gasteiger partial charge < -0.3 is 4.74 Å². The third kappa shape index (κ3) is 3.37. The van der Waals surface area contributed by atoms with Crippen LogP contribution in [0.3, 0.4) is 0 Å². The highest BCUT2D eigenvalue weighted by molar-refractivity contribution is 5.96. The number of nitrogens with one attached hydrogen (secondary N) is 1. The second-order valence-electron chi connectivity index (χ2n) is 15.2. The number of carbonyl (C=O) groups is 3. The molecule has 3 N–H and O–H groups in total. The molecule has 11 atom stereocenters. The maximum absolute atomic E-state index is 14.5. The summed E-state index contributed by atoms with van der Waals surface area (Å²) in [5.41, 5.74) is 2.47. The molecule has 0 unspecified atom stereocenters. The lowest BCUT2D eigenvalue weighted by molar-refractivity contribution is -0.214. The number of amides is 1. The largest absolute Gasteiger partial charge is 0.461 e. The summed E-state index contributed by atoms with van der Waals surface area (Å²) in [5, 5.41) is 0. The zero-order valence-electron chi connectivity index (χ0n) is 24.9. The number of esters is 1. The fourth-order valence-corrected chi connectivity index (χ4v) is 11.2. The highest BCUT2D eigenvalue weighted by Gasteiger charge is 2.72. The Morgan fingerprint density at radius 3 is 2.29 bits per heavy atom. The molecular formula is C32H50N2O4. The molecule has 1 amide bonds. The van der Waals surface area contributed by atoms with Gasteiger partial charge in [0, 0.05) is 12.8 Å². The van der Waals surface area contributed by atoms with Gasteiger partial charge in [0.2, 0.25) is 5.91 Å². The number of allylic oxidation sites excluding steroid dienone is 2. The lowest BCUT2D eigenvalue weighted by atomic mass is 9.33. The Bertz CT molecular complexity index is 1090. The first-order chi connectivity index (χ1) is 17.6. The summed E-state index contributed by atoms with van der Waals surface area (Å²) < 4.78 is 5.76. The predicted molar refractivity (Wildman–Crippen MR) is 147 cm³/mol. The van der Waals surface area contributed by atoms with Crippen LogP contribution in [0.15, 0.2) is 11.6 Å². The number of nitrogens with two attached hydrogens (primary N) is 1. The number of hydrazine groups is 1. The van der Waals surface area contributed by atoms with Gasteiger partial charge in [-0.1, -0.05) is 47.1 Å². The monoisotopic (exact) mass is 526 g/mol. The van der Waals surface area contributed by atoms with Crippen LogP contribution in [-0.4, -0.2) is 23.8 Å². The molecule has 0 saturated heterocycles. The van der Waals surface area contributed by atoms with Gasteiger partial charge in [0.1, 0.15) is 6.10 Å². The van der Waals surface area contributed by atoms with Crippen molar-refractivity contribution < 1.29 is 19.1 Å². The quantitative estimate of drug-likeness (QED) is 0.207. The molecular weight excluding hydrogens is 476 g/mol. The van der Waals surface area contributed by atoms with Crippen molar-refractivity contribution in [3.63, 3.8) is 0 Å². The highest BCUT2D eigenvalue weighted by atomic mass is 16.5. The van der Waals surface area contributed by atoms with E-state index < -0.39 is 11.5 Å². The first kappa shape index (κ1) is 27.9. The average molecular weight is 527 g/mol. The van der Waals surface area contributed by atoms with Crippen molar-refractivity contribution in [1.82, 2.24) is 5.43 Å². The summed E-state index contributed by atoms with van der Waals surface area (Å²) in [7, 11) is 0. The average Bonchev–Trinajstić information content (AvgIpc) is 2.84. The molecule has 4 saturated carbocycles. The lowest BCUT2D eigenvalue weighted by Gasteiger charge is -2.70. The van der Waals surface area contributed by atoms with Crippen molar-refractivity contribution in [3.05, 3.63) is 11.6 Å². The second-order valence-corrected chi connectivity index (χ2v) is 15.2. The number of fused-ring (bicyclic) bond motifs is 7. The molecule has 0 aliphatic heterocycles. The van der Waals surface area contributed by atoms with Gasteiger partial charge in [-0.05, 0) is 110 Å². The Labute approximate surface area is 229 Å². The van der Waals surface area contributed by atoms with Gasteiger partial charge in [-0.2, -0.15) is 0 Å². The van der Waals surface area contributed by atoms with E-state index in [9.17, 15) is 14.4 Å². The van der Waals surface area contributed by atoms with Gasteiger partial charge in [-0.25, -0.2) is 5.84 Å². The summed E-state index contributed by atoms with van der Waals surface area (Å²) in [5.74, 6) is 6.68. The van der Waals surface area contributed by atoms with Crippen LogP contribution in [0.4, 0.5) is 0 Å². The molecule has 38 heavy (non-hydrogen) atoms. The summed E-state index contributed by atoms with van der Waals surface area (Å²) in [6.45, 7) is 17.7. The van der Waals surface area contributed by atoms with Gasteiger partial charge in [0.05, 0.1) is 5.41 Å². The van der Waals surface area contributed by atoms with E-state index in [1.165, 1.54) is 31.8 Å². The summed E-state index contributed by atoms with van der Waals surface area (Å²) in [6, 6.07) is 0. The van der Waals surface area contributed by atoms with Gasteiger partial charge in [-0.15, -0.1) is 0 Å². The Hall–Kier alpha value is -1.69. The van der Waals surface area contributed by atoms with Crippen LogP contribution in [-0.2, 0) is 19.1 Å². The first-order valence-corrected chi connectivity index (χ1v) is 15.0. The van der Waals surface area contributed by atoms with E-state index in [0.717, 1.165) is 25.7 Å². The zero-order chi connectivity index (χ0) is 28.1. The van der Waals surface area contributed by atoms with Crippen LogP contribution in [0.25, 0.3) is 0 Å². The molecule has 0 aromatic rings. The molecule has 5 rings (SSSR count). The molecule has 0 spiro atoms. The number of ether oxygens (including phenoxy) is 1. The fourth-order valence-electron chi connectivity index (χ4n) is 11.2. The maximum Gasteiger partial charge on any atom is 0.302 e. The smallest absolute Gasteiger partial charge is 0.302 e. The lowest BCUT2D eigenvalue weighted by Crippen LogP contribution is -2.69. The third-order valence-corrected chi connectivity index (χ3v) is 13.7. The maximum atomic E-state index is 14.5. The minimum atomic E-state index is -0.988. The van der Waals surface area contributed by atoms with Crippen LogP contribution < -0.4 is 11.3 Å². The minimum Gasteiger partial charge on any atom is -0.461 e. The topological polar surface area (TPSA) is 98.5 Å². The number of rotatable bonds is 2. The molecule has 212 valence electrons. The van der Waals surface area contributed by atoms with E-state index in [4.69, 9.17) is 10.6 Å². The molecule has 5 aliphatic carbocycles. The standard InChI is InChI=1S/C32H50N2O4/c1-18-9-12-28(4)15-16-30(6)21(25(28)19(18)2)17-22(36)26-29(5)13-11-24(38-20(3)35)32(8,27(37)34-33)23(29)10-14-31(26,30)7/h17-19,23-26H,9-16,33H2,1-8H3,(H,34,37)/t18-,19+,23-,24-,25+,26-,28-,29+,30-,31-,32-/m1/s1. The van der Waals surface area contributed by atoms with Crippen LogP contribution in [0.5, 0.6) is 0 Å². The Balaban J connectivity index is 1.62. The zero-order valence-corrected chi connectivity index (χ0v) is 24.9. The van der Waals surface area contributed by atoms with Crippen LogP contribution >= 0.6 is 0 Å². The fraction of sp³-hybridized carbons (Fsp3) is 0.844. The molecule has 6 nitrogen and oxygen atoms in total. The second kappa shape index (κ2) is 8.65. The van der Waals surface area contributed by atoms with E-state index >= 15 is 0 Å². The SMILES string of the molecule is CC(=O)O[C@@H]1CC[C@@]2(C)[C@@H](CC[C@]3(C)[C@@H]2C(=O)C=C2[C@@H]4[C@@H](C)[C@H](C)CC[C@]4(C)CC[C@]23C)[C@@]1(C)C(=O)NN. The molecule has 0 radical (unpaired) electrons. The normalized spacial score (nSPS) is 51.9. The van der Waals surface area contributed by atoms with Crippen LogP contribution in [0, 0.1) is 56.7 Å². The summed E-state index contributed by atoms with van der Waals surface area (Å²) >= 11 is 0. The number of ketones is 1. The van der Waals surface area contributed by atoms with Gasteiger partial charge in [-0.3, -0.25) is 19.8 Å². The number of hydrogen-bond donors (Lipinski definition) is 2. The van der Waals surface area contributed by atoms with Gasteiger partial charge in [0.25, 0.3) is 0 Å². The van der Waals surface area contributed by atoms with E-state index in [0.29, 0.717) is 24.2 Å². The highest BCUT2D eigenvalue weighted by Crippen LogP contribution is 2.75. The van der Waals surface area contributed by atoms with Crippen molar-refractivity contribution in [2.24, 2.45) is 62.5 Å². The first-order valence-electron chi connectivity index (χ1n) is 15.0. The number of carbonyl (C=O) groups excluding carboxylic acids is 3. The van der Waals surface area contributed by atoms with Crippen molar-refractivity contribution in [3.8, 4) is 0 Å². The van der Waals surface area contributed by atoms with Crippen molar-refractivity contribution in [1.29, 1.82) is 0 Å². The molecule has 5 aliphatic rings. The van der Waals surface area contributed by atoms with Gasteiger partial charge >= 0.3 is 5.97 Å². The molecule has 0 heterocycles.